The van der Waals surface area contributed by atoms with Crippen LogP contribution in [-0.2, 0) is 6.61 Å². The molecule has 0 aliphatic carbocycles. The van der Waals surface area contributed by atoms with Crippen LogP contribution in [0.5, 0.6) is 5.75 Å². The first-order chi connectivity index (χ1) is 10.3. The summed E-state index contributed by atoms with van der Waals surface area (Å²) in [5.74, 6) is 0.945. The van der Waals surface area contributed by atoms with Crippen LogP contribution in [0.15, 0.2) is 54.6 Å². The molecule has 1 aliphatic rings. The summed E-state index contributed by atoms with van der Waals surface area (Å²) < 4.78 is 5.77. The second kappa shape index (κ2) is 6.44. The molecule has 0 spiro atoms. The summed E-state index contributed by atoms with van der Waals surface area (Å²) in [6.45, 7) is 2.15. The Kier molecular flexibility index (Phi) is 4.20. The van der Waals surface area contributed by atoms with Crippen molar-refractivity contribution in [2.45, 2.75) is 19.4 Å². The Morgan fingerprint density at radius 3 is 2.38 bits per heavy atom. The van der Waals surface area contributed by atoms with E-state index in [1.165, 1.54) is 0 Å². The van der Waals surface area contributed by atoms with Gasteiger partial charge in [0.2, 0.25) is 0 Å². The Morgan fingerprint density at radius 2 is 1.62 bits per heavy atom. The van der Waals surface area contributed by atoms with Crippen molar-refractivity contribution in [3.63, 3.8) is 0 Å². The first-order valence-electron chi connectivity index (χ1n) is 7.39. The Bertz CT molecular complexity index is 604. The fraction of sp³-hybridized carbons (Fsp3) is 0.278. The van der Waals surface area contributed by atoms with Gasteiger partial charge < -0.3 is 9.64 Å². The van der Waals surface area contributed by atoms with E-state index >= 15 is 0 Å². The Morgan fingerprint density at radius 1 is 0.952 bits per heavy atom. The summed E-state index contributed by atoms with van der Waals surface area (Å²) in [6, 6.07) is 17.4. The maximum Gasteiger partial charge on any atom is 0.254 e. The highest BCUT2D eigenvalue weighted by Gasteiger charge is 2.21. The molecular weight excluding hydrogens is 262 g/mol. The van der Waals surface area contributed by atoms with Crippen molar-refractivity contribution in [3.05, 3.63) is 65.7 Å². The minimum atomic E-state index is 0.125. The van der Waals surface area contributed by atoms with E-state index in [4.69, 9.17) is 4.74 Å². The summed E-state index contributed by atoms with van der Waals surface area (Å²) in [7, 11) is 0. The van der Waals surface area contributed by atoms with Gasteiger partial charge in [-0.1, -0.05) is 36.4 Å². The van der Waals surface area contributed by atoms with Crippen LogP contribution in [0.4, 0.5) is 0 Å². The lowest BCUT2D eigenvalue weighted by molar-refractivity contribution is 0.0790. The number of ether oxygens (including phenoxy) is 1. The molecule has 2 aromatic rings. The van der Waals surface area contributed by atoms with E-state index < -0.39 is 0 Å². The molecular formula is C18H19NO2. The SMILES string of the molecule is O=C(c1ccccc1COc1ccccc1)N1CCCC1. The predicted octanol–water partition coefficient (Wildman–Crippen LogP) is 3.50. The minimum absolute atomic E-state index is 0.125. The second-order valence-electron chi connectivity index (χ2n) is 5.26. The molecule has 0 N–H and O–H groups in total. The van der Waals surface area contributed by atoms with E-state index in [0.29, 0.717) is 6.61 Å². The average molecular weight is 281 g/mol. The summed E-state index contributed by atoms with van der Waals surface area (Å²) in [6.07, 6.45) is 2.21. The molecule has 2 aromatic carbocycles. The largest absolute Gasteiger partial charge is 0.489 e. The van der Waals surface area contributed by atoms with Gasteiger partial charge in [0.25, 0.3) is 5.91 Å². The van der Waals surface area contributed by atoms with Crippen molar-refractivity contribution in [2.24, 2.45) is 0 Å². The lowest BCUT2D eigenvalue weighted by atomic mass is 10.1. The lowest BCUT2D eigenvalue weighted by Gasteiger charge is -2.17. The third kappa shape index (κ3) is 3.24. The van der Waals surface area contributed by atoms with Gasteiger partial charge >= 0.3 is 0 Å². The zero-order chi connectivity index (χ0) is 14.5. The van der Waals surface area contributed by atoms with Crippen molar-refractivity contribution >= 4 is 5.91 Å². The molecule has 0 bridgehead atoms. The smallest absolute Gasteiger partial charge is 0.254 e. The number of rotatable bonds is 4. The van der Waals surface area contributed by atoms with Crippen molar-refractivity contribution in [3.8, 4) is 5.75 Å². The van der Waals surface area contributed by atoms with Crippen LogP contribution in [0.1, 0.15) is 28.8 Å². The number of likely N-dealkylation sites (tertiary alicyclic amines) is 1. The number of nitrogens with zero attached hydrogens (tertiary/aromatic N) is 1. The van der Waals surface area contributed by atoms with E-state index in [1.54, 1.807) is 0 Å². The molecule has 1 saturated heterocycles. The molecule has 108 valence electrons. The standard InChI is InChI=1S/C18H19NO2/c20-18(19-12-6-7-13-19)17-11-5-4-8-15(17)14-21-16-9-2-1-3-10-16/h1-5,8-11H,6-7,12-14H2. The highest BCUT2D eigenvalue weighted by Crippen LogP contribution is 2.18. The zero-order valence-electron chi connectivity index (χ0n) is 12.0. The minimum Gasteiger partial charge on any atom is -0.489 e. The van der Waals surface area contributed by atoms with E-state index in [2.05, 4.69) is 0 Å². The number of amides is 1. The number of hydrogen-bond donors (Lipinski definition) is 0. The normalized spacial score (nSPS) is 14.2. The molecule has 3 nitrogen and oxygen atoms in total. The van der Waals surface area contributed by atoms with Gasteiger partial charge in [-0.25, -0.2) is 0 Å². The zero-order valence-corrected chi connectivity index (χ0v) is 12.0. The molecule has 1 amide bonds. The molecule has 0 saturated carbocycles. The number of hydrogen-bond acceptors (Lipinski definition) is 2. The van der Waals surface area contributed by atoms with Crippen LogP contribution in [0.2, 0.25) is 0 Å². The Hall–Kier alpha value is -2.29. The highest BCUT2D eigenvalue weighted by atomic mass is 16.5. The lowest BCUT2D eigenvalue weighted by Crippen LogP contribution is -2.28. The van der Waals surface area contributed by atoms with E-state index in [9.17, 15) is 4.79 Å². The van der Waals surface area contributed by atoms with Crippen LogP contribution >= 0.6 is 0 Å². The van der Waals surface area contributed by atoms with Crippen molar-refractivity contribution in [2.75, 3.05) is 13.1 Å². The molecule has 3 rings (SSSR count). The third-order valence-corrected chi connectivity index (χ3v) is 3.78. The van der Waals surface area contributed by atoms with Crippen LogP contribution in [0, 0.1) is 0 Å². The topological polar surface area (TPSA) is 29.5 Å². The first kappa shape index (κ1) is 13.7. The van der Waals surface area contributed by atoms with Gasteiger partial charge in [-0.3, -0.25) is 4.79 Å². The average Bonchev–Trinajstić information content (AvgIpc) is 3.08. The number of carbonyl (C=O) groups excluding carboxylic acids is 1. The number of benzene rings is 2. The van der Waals surface area contributed by atoms with Gasteiger partial charge in [0, 0.05) is 24.2 Å². The van der Waals surface area contributed by atoms with Crippen molar-refractivity contribution in [1.82, 2.24) is 4.90 Å². The van der Waals surface area contributed by atoms with Gasteiger partial charge in [-0.15, -0.1) is 0 Å². The molecule has 0 unspecified atom stereocenters. The third-order valence-electron chi connectivity index (χ3n) is 3.78. The second-order valence-corrected chi connectivity index (χ2v) is 5.26. The predicted molar refractivity (Wildman–Crippen MR) is 82.4 cm³/mol. The molecule has 0 atom stereocenters. The van der Waals surface area contributed by atoms with Crippen molar-refractivity contribution in [1.29, 1.82) is 0 Å². The molecule has 0 radical (unpaired) electrons. The Labute approximate surface area is 125 Å². The van der Waals surface area contributed by atoms with Crippen LogP contribution < -0.4 is 4.74 Å². The number of carbonyl (C=O) groups is 1. The maximum atomic E-state index is 12.5. The number of para-hydroxylation sites is 1. The fourth-order valence-corrected chi connectivity index (χ4v) is 2.62. The first-order valence-corrected chi connectivity index (χ1v) is 7.39. The quantitative estimate of drug-likeness (QED) is 0.858. The van der Waals surface area contributed by atoms with Gasteiger partial charge in [-0.2, -0.15) is 0 Å². The summed E-state index contributed by atoms with van der Waals surface area (Å²) in [4.78, 5) is 14.5. The van der Waals surface area contributed by atoms with Gasteiger partial charge in [0.1, 0.15) is 12.4 Å². The van der Waals surface area contributed by atoms with Gasteiger partial charge in [-0.05, 0) is 31.0 Å². The van der Waals surface area contributed by atoms with E-state index in [1.807, 2.05) is 59.5 Å². The molecule has 3 heteroatoms. The highest BCUT2D eigenvalue weighted by molar-refractivity contribution is 5.95. The summed E-state index contributed by atoms with van der Waals surface area (Å²) in [5.41, 5.74) is 1.70. The van der Waals surface area contributed by atoms with Crippen LogP contribution in [-0.4, -0.2) is 23.9 Å². The van der Waals surface area contributed by atoms with Crippen LogP contribution in [0.25, 0.3) is 0 Å². The van der Waals surface area contributed by atoms with Gasteiger partial charge in [0.15, 0.2) is 0 Å². The molecule has 1 heterocycles. The molecule has 1 fully saturated rings. The van der Waals surface area contributed by atoms with E-state index in [-0.39, 0.29) is 5.91 Å². The Balaban J connectivity index is 1.74. The van der Waals surface area contributed by atoms with Gasteiger partial charge in [0.05, 0.1) is 0 Å². The van der Waals surface area contributed by atoms with Crippen molar-refractivity contribution < 1.29 is 9.53 Å². The molecule has 21 heavy (non-hydrogen) atoms. The maximum absolute atomic E-state index is 12.5. The summed E-state index contributed by atoms with van der Waals surface area (Å²) in [5, 5.41) is 0. The van der Waals surface area contributed by atoms with E-state index in [0.717, 1.165) is 42.8 Å². The summed E-state index contributed by atoms with van der Waals surface area (Å²) >= 11 is 0. The molecule has 0 aromatic heterocycles. The fourth-order valence-electron chi connectivity index (χ4n) is 2.62. The van der Waals surface area contributed by atoms with Crippen LogP contribution in [0.3, 0.4) is 0 Å². The monoisotopic (exact) mass is 281 g/mol. The molecule has 1 aliphatic heterocycles.